The number of carboxylic acids is 1. The number of amides is 1. The van der Waals surface area contributed by atoms with E-state index in [1.807, 2.05) is 61.5 Å². The minimum atomic E-state index is -1.12. The summed E-state index contributed by atoms with van der Waals surface area (Å²) in [6.45, 7) is 1.45. The SMILES string of the molecule is Cc1ccccc1-n1nc(-c2ccccc2)c2c1N(CC(=O)O)C(=O)CSC2c1ccc(F)cc1. The Bertz CT molecular complexity index is 1400. The van der Waals surface area contributed by atoms with Gasteiger partial charge in [0.25, 0.3) is 0 Å². The molecule has 3 aromatic carbocycles. The van der Waals surface area contributed by atoms with Crippen molar-refractivity contribution in [3.8, 4) is 16.9 Å². The van der Waals surface area contributed by atoms with Crippen LogP contribution in [0.3, 0.4) is 0 Å². The number of hydrogen-bond acceptors (Lipinski definition) is 4. The van der Waals surface area contributed by atoms with Gasteiger partial charge in [0.05, 0.1) is 22.4 Å². The van der Waals surface area contributed by atoms with Crippen molar-refractivity contribution in [2.75, 3.05) is 17.2 Å². The first kappa shape index (κ1) is 22.9. The first-order chi connectivity index (χ1) is 16.9. The van der Waals surface area contributed by atoms with Gasteiger partial charge in [-0.2, -0.15) is 5.10 Å². The maximum atomic E-state index is 13.8. The van der Waals surface area contributed by atoms with E-state index in [2.05, 4.69) is 0 Å². The molecular weight excluding hydrogens is 465 g/mol. The third-order valence-electron chi connectivity index (χ3n) is 5.95. The van der Waals surface area contributed by atoms with Crippen LogP contribution in [-0.2, 0) is 9.59 Å². The minimum Gasteiger partial charge on any atom is -0.480 e. The number of aromatic nitrogens is 2. The largest absolute Gasteiger partial charge is 0.480 e. The highest BCUT2D eigenvalue weighted by molar-refractivity contribution is 8.00. The van der Waals surface area contributed by atoms with E-state index in [0.717, 1.165) is 27.9 Å². The molecule has 1 aliphatic rings. The van der Waals surface area contributed by atoms with Crippen LogP contribution in [0.1, 0.15) is 21.9 Å². The third-order valence-corrected chi connectivity index (χ3v) is 7.20. The zero-order chi connectivity index (χ0) is 24.5. The van der Waals surface area contributed by atoms with Crippen molar-refractivity contribution >= 4 is 29.5 Å². The second-order valence-electron chi connectivity index (χ2n) is 8.27. The predicted octanol–water partition coefficient (Wildman–Crippen LogP) is 5.24. The molecule has 1 aliphatic heterocycles. The summed E-state index contributed by atoms with van der Waals surface area (Å²) in [4.78, 5) is 26.4. The maximum Gasteiger partial charge on any atom is 0.323 e. The lowest BCUT2D eigenvalue weighted by Gasteiger charge is -2.22. The van der Waals surface area contributed by atoms with Crippen LogP contribution >= 0.6 is 11.8 Å². The minimum absolute atomic E-state index is 0.0754. The summed E-state index contributed by atoms with van der Waals surface area (Å²) < 4.78 is 15.4. The first-order valence-electron chi connectivity index (χ1n) is 11.1. The van der Waals surface area contributed by atoms with E-state index in [0.29, 0.717) is 11.5 Å². The number of carboxylic acid groups (broad SMARTS) is 1. The van der Waals surface area contributed by atoms with Crippen LogP contribution in [-0.4, -0.2) is 39.1 Å². The van der Waals surface area contributed by atoms with Crippen molar-refractivity contribution in [3.05, 3.63) is 101 Å². The van der Waals surface area contributed by atoms with Gasteiger partial charge in [-0.25, -0.2) is 9.07 Å². The molecule has 1 N–H and O–H groups in total. The Balaban J connectivity index is 1.86. The monoisotopic (exact) mass is 487 g/mol. The molecule has 2 heterocycles. The van der Waals surface area contributed by atoms with Gasteiger partial charge in [-0.15, -0.1) is 11.8 Å². The molecule has 1 amide bonds. The average Bonchev–Trinajstić information content (AvgIpc) is 3.17. The van der Waals surface area contributed by atoms with E-state index in [9.17, 15) is 19.1 Å². The number of rotatable bonds is 5. The van der Waals surface area contributed by atoms with Gasteiger partial charge in [0.2, 0.25) is 5.91 Å². The van der Waals surface area contributed by atoms with Crippen LogP contribution in [0, 0.1) is 12.7 Å². The number of aryl methyl sites for hydroxylation is 1. The van der Waals surface area contributed by atoms with E-state index in [1.54, 1.807) is 16.8 Å². The zero-order valence-electron chi connectivity index (χ0n) is 18.9. The number of aliphatic carboxylic acids is 1. The summed E-state index contributed by atoms with van der Waals surface area (Å²) in [5.41, 5.74) is 4.70. The summed E-state index contributed by atoms with van der Waals surface area (Å²) in [5, 5.41) is 14.3. The van der Waals surface area contributed by atoms with Crippen molar-refractivity contribution < 1.29 is 19.1 Å². The number of nitrogens with zero attached hydrogens (tertiary/aromatic N) is 3. The number of carbonyl (C=O) groups excluding carboxylic acids is 1. The third kappa shape index (κ3) is 4.33. The van der Waals surface area contributed by atoms with Gasteiger partial charge in [-0.05, 0) is 36.2 Å². The van der Waals surface area contributed by atoms with Crippen molar-refractivity contribution in [1.29, 1.82) is 0 Å². The Morgan fingerprint density at radius 1 is 1.06 bits per heavy atom. The Hall–Kier alpha value is -3.91. The molecule has 6 nitrogen and oxygen atoms in total. The second-order valence-corrected chi connectivity index (χ2v) is 9.36. The van der Waals surface area contributed by atoms with Crippen LogP contribution in [0.15, 0.2) is 78.9 Å². The van der Waals surface area contributed by atoms with Crippen molar-refractivity contribution in [3.63, 3.8) is 0 Å². The molecule has 0 spiro atoms. The molecule has 0 fully saturated rings. The standard InChI is InChI=1S/C27H22FN3O3S/c1-17-7-5-6-10-21(17)31-27-24(25(29-31)18-8-3-2-4-9-18)26(19-11-13-20(28)14-12-19)35-16-22(32)30(27)15-23(33)34/h2-14,26H,15-16H2,1H3,(H,33,34). The lowest BCUT2D eigenvalue weighted by atomic mass is 9.99. The number of benzene rings is 3. The molecule has 1 unspecified atom stereocenters. The normalized spacial score (nSPS) is 15.5. The van der Waals surface area contributed by atoms with Crippen LogP contribution in [0.5, 0.6) is 0 Å². The van der Waals surface area contributed by atoms with Gasteiger partial charge in [0.15, 0.2) is 0 Å². The molecule has 0 bridgehead atoms. The molecular formula is C27H22FN3O3S. The van der Waals surface area contributed by atoms with Crippen LogP contribution in [0.25, 0.3) is 16.9 Å². The molecule has 0 saturated carbocycles. The summed E-state index contributed by atoms with van der Waals surface area (Å²) in [7, 11) is 0. The van der Waals surface area contributed by atoms with Gasteiger partial charge in [0, 0.05) is 11.1 Å². The molecule has 176 valence electrons. The van der Waals surface area contributed by atoms with Crippen molar-refractivity contribution in [1.82, 2.24) is 9.78 Å². The Kier molecular flexibility index (Phi) is 6.13. The average molecular weight is 488 g/mol. The van der Waals surface area contributed by atoms with Gasteiger partial charge in [-0.1, -0.05) is 60.7 Å². The van der Waals surface area contributed by atoms with Gasteiger partial charge in [-0.3, -0.25) is 14.5 Å². The summed E-state index contributed by atoms with van der Waals surface area (Å²) in [5.74, 6) is -1.29. The molecule has 0 radical (unpaired) electrons. The van der Waals surface area contributed by atoms with E-state index < -0.39 is 12.5 Å². The van der Waals surface area contributed by atoms with Gasteiger partial charge >= 0.3 is 5.97 Å². The lowest BCUT2D eigenvalue weighted by molar-refractivity contribution is -0.136. The lowest BCUT2D eigenvalue weighted by Crippen LogP contribution is -2.38. The van der Waals surface area contributed by atoms with E-state index in [4.69, 9.17) is 5.10 Å². The van der Waals surface area contributed by atoms with Crippen LogP contribution in [0.4, 0.5) is 10.2 Å². The second kappa shape index (κ2) is 9.38. The molecule has 0 saturated heterocycles. The molecule has 8 heteroatoms. The Labute approximate surface area is 206 Å². The van der Waals surface area contributed by atoms with Gasteiger partial charge < -0.3 is 5.11 Å². The van der Waals surface area contributed by atoms with E-state index in [1.165, 1.54) is 28.8 Å². The molecule has 4 aromatic rings. The topological polar surface area (TPSA) is 75.4 Å². The zero-order valence-corrected chi connectivity index (χ0v) is 19.7. The summed E-state index contributed by atoms with van der Waals surface area (Å²) in [6, 6.07) is 23.4. The predicted molar refractivity (Wildman–Crippen MR) is 134 cm³/mol. The fourth-order valence-corrected chi connectivity index (χ4v) is 5.53. The van der Waals surface area contributed by atoms with Crippen LogP contribution < -0.4 is 4.90 Å². The summed E-state index contributed by atoms with van der Waals surface area (Å²) >= 11 is 1.39. The Morgan fingerprint density at radius 3 is 2.43 bits per heavy atom. The van der Waals surface area contributed by atoms with Crippen molar-refractivity contribution in [2.45, 2.75) is 12.2 Å². The smallest absolute Gasteiger partial charge is 0.323 e. The molecule has 1 aromatic heterocycles. The molecule has 5 rings (SSSR count). The van der Waals surface area contributed by atoms with Gasteiger partial charge in [0.1, 0.15) is 18.2 Å². The number of anilines is 1. The quantitative estimate of drug-likeness (QED) is 0.417. The number of fused-ring (bicyclic) bond motifs is 1. The first-order valence-corrected chi connectivity index (χ1v) is 12.1. The summed E-state index contributed by atoms with van der Waals surface area (Å²) in [6.07, 6.45) is 0. The number of thioether (sulfide) groups is 1. The number of halogens is 1. The molecule has 35 heavy (non-hydrogen) atoms. The Morgan fingerprint density at radius 2 is 1.74 bits per heavy atom. The highest BCUT2D eigenvalue weighted by Gasteiger charge is 2.37. The van der Waals surface area contributed by atoms with E-state index >= 15 is 0 Å². The fourth-order valence-electron chi connectivity index (χ4n) is 4.33. The molecule has 1 atom stereocenters. The van der Waals surface area contributed by atoms with Crippen LogP contribution in [0.2, 0.25) is 0 Å². The maximum absolute atomic E-state index is 13.8. The fraction of sp³-hybridized carbons (Fsp3) is 0.148. The highest BCUT2D eigenvalue weighted by atomic mass is 32.2. The molecule has 0 aliphatic carbocycles. The highest BCUT2D eigenvalue weighted by Crippen LogP contribution is 2.48. The number of carbonyl (C=O) groups is 2. The van der Waals surface area contributed by atoms with E-state index in [-0.39, 0.29) is 22.7 Å². The number of hydrogen-bond donors (Lipinski definition) is 1. The van der Waals surface area contributed by atoms with Crippen molar-refractivity contribution in [2.24, 2.45) is 0 Å². The number of para-hydroxylation sites is 1.